The van der Waals surface area contributed by atoms with Gasteiger partial charge in [0, 0.05) is 11.9 Å². The smallest absolute Gasteiger partial charge is 0.134 e. The Morgan fingerprint density at radius 3 is 2.89 bits per heavy atom. The topological polar surface area (TPSA) is 51.2 Å². The summed E-state index contributed by atoms with van der Waals surface area (Å²) in [5.41, 5.74) is 8.45. The predicted molar refractivity (Wildman–Crippen MR) is 73.5 cm³/mol. The zero-order valence-electron chi connectivity index (χ0n) is 10.6. The molecule has 1 aromatic carbocycles. The zero-order valence-corrected chi connectivity index (χ0v) is 10.6. The Bertz CT molecular complexity index is 528. The molecular formula is C15H20N2O. The Morgan fingerprint density at radius 1 is 1.28 bits per heavy atom. The summed E-state index contributed by atoms with van der Waals surface area (Å²) in [5.74, 6) is 0. The fourth-order valence-corrected chi connectivity index (χ4v) is 2.43. The highest BCUT2D eigenvalue weighted by Gasteiger charge is 2.40. The second kappa shape index (κ2) is 4.75. The normalized spacial score (nSPS) is 17.2. The van der Waals surface area contributed by atoms with Gasteiger partial charge in [0.05, 0.1) is 6.26 Å². The Labute approximate surface area is 107 Å². The van der Waals surface area contributed by atoms with Crippen molar-refractivity contribution >= 4 is 11.0 Å². The molecule has 0 spiro atoms. The van der Waals surface area contributed by atoms with Gasteiger partial charge in [0.1, 0.15) is 5.58 Å². The number of rotatable bonds is 6. The van der Waals surface area contributed by atoms with Gasteiger partial charge >= 0.3 is 0 Å². The van der Waals surface area contributed by atoms with Crippen molar-refractivity contribution in [1.82, 2.24) is 5.32 Å². The zero-order chi connectivity index (χ0) is 12.4. The third-order valence-electron chi connectivity index (χ3n) is 4.02. The van der Waals surface area contributed by atoms with E-state index in [2.05, 4.69) is 17.4 Å². The van der Waals surface area contributed by atoms with E-state index in [1.807, 2.05) is 18.4 Å². The molecule has 1 fully saturated rings. The van der Waals surface area contributed by atoms with Crippen molar-refractivity contribution in [2.24, 2.45) is 11.1 Å². The van der Waals surface area contributed by atoms with Crippen molar-refractivity contribution in [3.63, 3.8) is 0 Å². The summed E-state index contributed by atoms with van der Waals surface area (Å²) in [5, 5.41) is 4.76. The van der Waals surface area contributed by atoms with E-state index in [0.717, 1.165) is 31.6 Å². The first-order chi connectivity index (χ1) is 8.83. The second-order valence-corrected chi connectivity index (χ2v) is 5.39. The van der Waals surface area contributed by atoms with Crippen LogP contribution in [0.4, 0.5) is 0 Å². The molecule has 0 unspecified atom stereocenters. The molecule has 0 radical (unpaired) electrons. The van der Waals surface area contributed by atoms with Crippen LogP contribution in [0.25, 0.3) is 11.0 Å². The van der Waals surface area contributed by atoms with Crippen LogP contribution < -0.4 is 11.1 Å². The SMILES string of the molecule is NCC1(CNCCc2coc3ccccc23)CC1. The van der Waals surface area contributed by atoms with Crippen molar-refractivity contribution in [2.45, 2.75) is 19.3 Å². The van der Waals surface area contributed by atoms with E-state index in [1.54, 1.807) is 0 Å². The molecule has 1 aliphatic carbocycles. The summed E-state index contributed by atoms with van der Waals surface area (Å²) in [4.78, 5) is 0. The molecule has 1 heterocycles. The van der Waals surface area contributed by atoms with E-state index in [0.29, 0.717) is 5.41 Å². The van der Waals surface area contributed by atoms with E-state index in [-0.39, 0.29) is 0 Å². The Kier molecular flexibility index (Phi) is 3.10. The average Bonchev–Trinajstić information content (AvgIpc) is 3.09. The van der Waals surface area contributed by atoms with E-state index in [9.17, 15) is 0 Å². The lowest BCUT2D eigenvalue weighted by atomic mass is 10.1. The number of benzene rings is 1. The van der Waals surface area contributed by atoms with E-state index in [1.165, 1.54) is 23.8 Å². The van der Waals surface area contributed by atoms with Crippen molar-refractivity contribution in [3.05, 3.63) is 36.1 Å². The van der Waals surface area contributed by atoms with Gasteiger partial charge in [-0.15, -0.1) is 0 Å². The maximum Gasteiger partial charge on any atom is 0.134 e. The molecule has 1 aliphatic rings. The summed E-state index contributed by atoms with van der Waals surface area (Å²) in [6.45, 7) is 2.86. The minimum absolute atomic E-state index is 0.415. The van der Waals surface area contributed by atoms with Crippen molar-refractivity contribution in [3.8, 4) is 0 Å². The fourth-order valence-electron chi connectivity index (χ4n) is 2.43. The van der Waals surface area contributed by atoms with Crippen LogP contribution >= 0.6 is 0 Å². The number of hydrogen-bond acceptors (Lipinski definition) is 3. The van der Waals surface area contributed by atoms with E-state index in [4.69, 9.17) is 10.2 Å². The summed E-state index contributed by atoms with van der Waals surface area (Å²) in [6.07, 6.45) is 5.45. The number of furan rings is 1. The molecule has 1 saturated carbocycles. The molecule has 3 N–H and O–H groups in total. The molecule has 1 aromatic heterocycles. The molecule has 0 atom stereocenters. The predicted octanol–water partition coefficient (Wildman–Crippen LogP) is 2.30. The molecule has 3 rings (SSSR count). The van der Waals surface area contributed by atoms with Crippen molar-refractivity contribution in [1.29, 1.82) is 0 Å². The lowest BCUT2D eigenvalue weighted by Gasteiger charge is -2.12. The lowest BCUT2D eigenvalue weighted by molar-refractivity contribution is 0.470. The van der Waals surface area contributed by atoms with Gasteiger partial charge in [-0.25, -0.2) is 0 Å². The third kappa shape index (κ3) is 2.28. The molecule has 0 amide bonds. The van der Waals surface area contributed by atoms with Gasteiger partial charge in [-0.3, -0.25) is 0 Å². The molecule has 3 heteroatoms. The van der Waals surface area contributed by atoms with Gasteiger partial charge in [-0.05, 0) is 49.4 Å². The first-order valence-corrected chi connectivity index (χ1v) is 6.69. The van der Waals surface area contributed by atoms with Crippen LogP contribution in [0.3, 0.4) is 0 Å². The number of nitrogens with one attached hydrogen (secondary N) is 1. The largest absolute Gasteiger partial charge is 0.464 e. The van der Waals surface area contributed by atoms with Crippen LogP contribution in [0.5, 0.6) is 0 Å². The molecule has 96 valence electrons. The van der Waals surface area contributed by atoms with Gasteiger partial charge in [0.15, 0.2) is 0 Å². The number of hydrogen-bond donors (Lipinski definition) is 2. The Hall–Kier alpha value is -1.32. The third-order valence-corrected chi connectivity index (χ3v) is 4.02. The van der Waals surface area contributed by atoms with Gasteiger partial charge in [-0.2, -0.15) is 0 Å². The molecule has 0 aliphatic heterocycles. The van der Waals surface area contributed by atoms with Crippen molar-refractivity contribution < 1.29 is 4.42 Å². The van der Waals surface area contributed by atoms with Gasteiger partial charge in [0.25, 0.3) is 0 Å². The first-order valence-electron chi connectivity index (χ1n) is 6.69. The molecule has 2 aromatic rings. The molecule has 18 heavy (non-hydrogen) atoms. The molecule has 0 bridgehead atoms. The van der Waals surface area contributed by atoms with Crippen LogP contribution in [0, 0.1) is 5.41 Å². The van der Waals surface area contributed by atoms with Crippen LogP contribution in [0.15, 0.2) is 34.9 Å². The minimum Gasteiger partial charge on any atom is -0.464 e. The molecule has 0 saturated heterocycles. The van der Waals surface area contributed by atoms with E-state index >= 15 is 0 Å². The minimum atomic E-state index is 0.415. The van der Waals surface area contributed by atoms with Crippen LogP contribution in [-0.2, 0) is 6.42 Å². The molecular weight excluding hydrogens is 224 g/mol. The number of nitrogens with two attached hydrogens (primary N) is 1. The monoisotopic (exact) mass is 244 g/mol. The standard InChI is InChI=1S/C15H20N2O/c16-10-15(6-7-15)11-17-8-5-12-9-18-14-4-2-1-3-13(12)14/h1-4,9,17H,5-8,10-11,16H2. The van der Waals surface area contributed by atoms with Gasteiger partial charge in [0.2, 0.25) is 0 Å². The number of fused-ring (bicyclic) bond motifs is 1. The fraction of sp³-hybridized carbons (Fsp3) is 0.467. The summed E-state index contributed by atoms with van der Waals surface area (Å²) >= 11 is 0. The van der Waals surface area contributed by atoms with Gasteiger partial charge < -0.3 is 15.5 Å². The summed E-state index contributed by atoms with van der Waals surface area (Å²) in [7, 11) is 0. The van der Waals surface area contributed by atoms with Crippen molar-refractivity contribution in [2.75, 3.05) is 19.6 Å². The maximum atomic E-state index is 5.77. The highest BCUT2D eigenvalue weighted by molar-refractivity contribution is 5.80. The second-order valence-electron chi connectivity index (χ2n) is 5.39. The Morgan fingerprint density at radius 2 is 2.11 bits per heavy atom. The van der Waals surface area contributed by atoms with Crippen LogP contribution in [-0.4, -0.2) is 19.6 Å². The Balaban J connectivity index is 1.54. The average molecular weight is 244 g/mol. The van der Waals surface area contributed by atoms with Crippen LogP contribution in [0.2, 0.25) is 0 Å². The summed E-state index contributed by atoms with van der Waals surface area (Å²) < 4.78 is 5.53. The maximum absolute atomic E-state index is 5.77. The summed E-state index contributed by atoms with van der Waals surface area (Å²) in [6, 6.07) is 8.20. The number of para-hydroxylation sites is 1. The highest BCUT2D eigenvalue weighted by atomic mass is 16.3. The highest BCUT2D eigenvalue weighted by Crippen LogP contribution is 2.43. The quantitative estimate of drug-likeness (QED) is 0.767. The van der Waals surface area contributed by atoms with Gasteiger partial charge in [-0.1, -0.05) is 18.2 Å². The van der Waals surface area contributed by atoms with E-state index < -0.39 is 0 Å². The first kappa shape index (κ1) is 11.8. The lowest BCUT2D eigenvalue weighted by Crippen LogP contribution is -2.30. The van der Waals surface area contributed by atoms with Crippen LogP contribution in [0.1, 0.15) is 18.4 Å². The molecule has 3 nitrogen and oxygen atoms in total.